The lowest BCUT2D eigenvalue weighted by Crippen LogP contribution is -2.50. The molecule has 0 aliphatic carbocycles. The normalized spacial score (nSPS) is 23.2. The summed E-state index contributed by atoms with van der Waals surface area (Å²) >= 11 is 0. The van der Waals surface area contributed by atoms with E-state index in [9.17, 15) is 14.4 Å². The van der Waals surface area contributed by atoms with Crippen molar-refractivity contribution in [2.24, 2.45) is 5.92 Å². The number of hydrogen-bond acceptors (Lipinski definition) is 5. The number of hydrogen-bond donors (Lipinski definition) is 1. The zero-order valence-electron chi connectivity index (χ0n) is 14.8. The first-order valence-electron chi connectivity index (χ1n) is 8.49. The molecule has 0 radical (unpaired) electrons. The molecule has 0 spiro atoms. The minimum absolute atomic E-state index is 0.00657. The molecule has 0 aromatic heterocycles. The largest absolute Gasteiger partial charge is 0.495 e. The summed E-state index contributed by atoms with van der Waals surface area (Å²) in [5, 5.41) is 9.08. The quantitative estimate of drug-likeness (QED) is 0.846. The highest BCUT2D eigenvalue weighted by atomic mass is 16.5. The highest BCUT2D eigenvalue weighted by Crippen LogP contribution is 2.34. The molecule has 1 aromatic carbocycles. The molecule has 2 aliphatic rings. The van der Waals surface area contributed by atoms with E-state index in [1.165, 1.54) is 12.0 Å². The van der Waals surface area contributed by atoms with E-state index in [2.05, 4.69) is 0 Å². The van der Waals surface area contributed by atoms with Crippen molar-refractivity contribution in [1.82, 2.24) is 4.90 Å². The van der Waals surface area contributed by atoms with Crippen LogP contribution in [0.3, 0.4) is 0 Å². The third-order valence-corrected chi connectivity index (χ3v) is 4.75. The number of aryl methyl sites for hydroxylation is 1. The number of carboxylic acid groups (broad SMARTS) is 1. The van der Waals surface area contributed by atoms with Crippen LogP contribution < -0.4 is 9.64 Å². The maximum absolute atomic E-state index is 12.8. The molecule has 3 rings (SSSR count). The van der Waals surface area contributed by atoms with Gasteiger partial charge in [0.05, 0.1) is 31.9 Å². The summed E-state index contributed by atoms with van der Waals surface area (Å²) in [6.07, 6.45) is -0.914. The standard InChI is InChI=1S/C18H22N2O6/c1-11-3-4-14(25-2)13(7-11)20-9-12(8-16(20)21)17(22)19-5-6-26-15(10-19)18(23)24/h3-4,7,12,15H,5-6,8-10H2,1-2H3,(H,23,24). The van der Waals surface area contributed by atoms with Gasteiger partial charge in [-0.1, -0.05) is 6.07 Å². The van der Waals surface area contributed by atoms with Crippen molar-refractivity contribution in [1.29, 1.82) is 0 Å². The SMILES string of the molecule is COc1ccc(C)cc1N1CC(C(=O)N2CCOC(C(=O)O)C2)CC1=O. The van der Waals surface area contributed by atoms with E-state index in [1.54, 1.807) is 11.0 Å². The fourth-order valence-electron chi connectivity index (χ4n) is 3.37. The zero-order valence-corrected chi connectivity index (χ0v) is 14.8. The molecule has 2 unspecified atom stereocenters. The van der Waals surface area contributed by atoms with Crippen molar-refractivity contribution < 1.29 is 29.0 Å². The number of methoxy groups -OCH3 is 1. The van der Waals surface area contributed by atoms with Gasteiger partial charge in [-0.3, -0.25) is 9.59 Å². The van der Waals surface area contributed by atoms with Crippen LogP contribution in [0.15, 0.2) is 18.2 Å². The molecule has 0 saturated carbocycles. The lowest BCUT2D eigenvalue weighted by Gasteiger charge is -2.32. The van der Waals surface area contributed by atoms with Crippen LogP contribution in [0, 0.1) is 12.8 Å². The lowest BCUT2D eigenvalue weighted by molar-refractivity contribution is -0.160. The molecule has 2 amide bonds. The van der Waals surface area contributed by atoms with Crippen molar-refractivity contribution in [2.75, 3.05) is 38.3 Å². The maximum atomic E-state index is 12.8. The Morgan fingerprint density at radius 2 is 2.08 bits per heavy atom. The van der Waals surface area contributed by atoms with Gasteiger partial charge < -0.3 is 24.4 Å². The molecule has 2 fully saturated rings. The smallest absolute Gasteiger partial charge is 0.334 e. The van der Waals surface area contributed by atoms with Crippen LogP contribution in [-0.2, 0) is 19.1 Å². The molecule has 2 heterocycles. The van der Waals surface area contributed by atoms with Crippen molar-refractivity contribution in [3.8, 4) is 5.75 Å². The Morgan fingerprint density at radius 1 is 1.31 bits per heavy atom. The molecule has 2 saturated heterocycles. The Bertz CT molecular complexity index is 734. The predicted molar refractivity (Wildman–Crippen MR) is 92.1 cm³/mol. The summed E-state index contributed by atoms with van der Waals surface area (Å²) in [6.45, 7) is 2.70. The van der Waals surface area contributed by atoms with Gasteiger partial charge in [-0.15, -0.1) is 0 Å². The summed E-state index contributed by atoms with van der Waals surface area (Å²) in [4.78, 5) is 39.4. The average Bonchev–Trinajstić information content (AvgIpc) is 3.02. The number of ether oxygens (including phenoxy) is 2. The molecule has 8 heteroatoms. The van der Waals surface area contributed by atoms with Gasteiger partial charge in [0.2, 0.25) is 11.8 Å². The topological polar surface area (TPSA) is 96.4 Å². The number of morpholine rings is 1. The number of carbonyl (C=O) groups is 3. The molecular formula is C18H22N2O6. The Hall–Kier alpha value is -2.61. The summed E-state index contributed by atoms with van der Waals surface area (Å²) < 4.78 is 10.5. The van der Waals surface area contributed by atoms with E-state index in [4.69, 9.17) is 14.6 Å². The van der Waals surface area contributed by atoms with E-state index in [0.29, 0.717) is 18.0 Å². The number of carboxylic acids is 1. The van der Waals surface area contributed by atoms with E-state index in [0.717, 1.165) is 5.56 Å². The first-order valence-corrected chi connectivity index (χ1v) is 8.49. The minimum atomic E-state index is -1.09. The van der Waals surface area contributed by atoms with Crippen molar-refractivity contribution in [3.63, 3.8) is 0 Å². The fourth-order valence-corrected chi connectivity index (χ4v) is 3.37. The monoisotopic (exact) mass is 362 g/mol. The third kappa shape index (κ3) is 3.50. The summed E-state index contributed by atoms with van der Waals surface area (Å²) in [5.41, 5.74) is 1.64. The minimum Gasteiger partial charge on any atom is -0.495 e. The molecule has 2 atom stereocenters. The van der Waals surface area contributed by atoms with Crippen molar-refractivity contribution in [3.05, 3.63) is 23.8 Å². The first-order chi connectivity index (χ1) is 12.4. The van der Waals surface area contributed by atoms with E-state index < -0.39 is 18.0 Å². The number of benzene rings is 1. The van der Waals surface area contributed by atoms with Crippen LogP contribution in [0.5, 0.6) is 5.75 Å². The second kappa shape index (κ2) is 7.33. The maximum Gasteiger partial charge on any atom is 0.334 e. The molecular weight excluding hydrogens is 340 g/mol. The Labute approximate surface area is 151 Å². The molecule has 2 aliphatic heterocycles. The van der Waals surface area contributed by atoms with Gasteiger partial charge in [0, 0.05) is 19.5 Å². The Kier molecular flexibility index (Phi) is 5.13. The van der Waals surface area contributed by atoms with Crippen LogP contribution in [0.25, 0.3) is 0 Å². The van der Waals surface area contributed by atoms with Crippen molar-refractivity contribution in [2.45, 2.75) is 19.4 Å². The predicted octanol–water partition coefficient (Wildman–Crippen LogP) is 0.669. The molecule has 140 valence electrons. The van der Waals surface area contributed by atoms with Gasteiger partial charge in [0.25, 0.3) is 0 Å². The molecule has 8 nitrogen and oxygen atoms in total. The van der Waals surface area contributed by atoms with Gasteiger partial charge in [0.1, 0.15) is 5.75 Å². The second-order valence-electron chi connectivity index (χ2n) is 6.56. The first kappa shape index (κ1) is 18.2. The highest BCUT2D eigenvalue weighted by Gasteiger charge is 2.40. The van der Waals surface area contributed by atoms with Gasteiger partial charge in [-0.25, -0.2) is 4.79 Å². The summed E-state index contributed by atoms with van der Waals surface area (Å²) in [7, 11) is 1.54. The Balaban J connectivity index is 1.74. The van der Waals surface area contributed by atoms with Crippen LogP contribution in [0.2, 0.25) is 0 Å². The highest BCUT2D eigenvalue weighted by molar-refractivity contribution is 6.01. The molecule has 1 aromatic rings. The van der Waals surface area contributed by atoms with E-state index >= 15 is 0 Å². The van der Waals surface area contributed by atoms with Crippen LogP contribution in [0.4, 0.5) is 5.69 Å². The number of anilines is 1. The van der Waals surface area contributed by atoms with Crippen LogP contribution in [-0.4, -0.2) is 67.2 Å². The zero-order chi connectivity index (χ0) is 18.8. The summed E-state index contributed by atoms with van der Waals surface area (Å²) in [5.74, 6) is -1.36. The average molecular weight is 362 g/mol. The number of rotatable bonds is 4. The number of nitrogens with zero attached hydrogens (tertiary/aromatic N) is 2. The van der Waals surface area contributed by atoms with Gasteiger partial charge >= 0.3 is 5.97 Å². The second-order valence-corrected chi connectivity index (χ2v) is 6.56. The summed E-state index contributed by atoms with van der Waals surface area (Å²) in [6, 6.07) is 5.55. The van der Waals surface area contributed by atoms with Gasteiger partial charge in [-0.05, 0) is 24.6 Å². The molecule has 0 bridgehead atoms. The number of carbonyl (C=O) groups excluding carboxylic acids is 2. The van der Waals surface area contributed by atoms with Crippen molar-refractivity contribution >= 4 is 23.5 Å². The van der Waals surface area contributed by atoms with Crippen LogP contribution >= 0.6 is 0 Å². The number of amides is 2. The van der Waals surface area contributed by atoms with Gasteiger partial charge in [0.15, 0.2) is 6.10 Å². The van der Waals surface area contributed by atoms with E-state index in [1.807, 2.05) is 19.1 Å². The lowest BCUT2D eigenvalue weighted by atomic mass is 10.1. The number of aliphatic carboxylic acids is 1. The molecule has 1 N–H and O–H groups in total. The molecule has 26 heavy (non-hydrogen) atoms. The third-order valence-electron chi connectivity index (χ3n) is 4.75. The van der Waals surface area contributed by atoms with Crippen LogP contribution in [0.1, 0.15) is 12.0 Å². The fraction of sp³-hybridized carbons (Fsp3) is 0.500. The Morgan fingerprint density at radius 3 is 2.77 bits per heavy atom. The van der Waals surface area contributed by atoms with Gasteiger partial charge in [-0.2, -0.15) is 0 Å². The van der Waals surface area contributed by atoms with E-state index in [-0.39, 0.29) is 37.9 Å².